The topological polar surface area (TPSA) is 24.5 Å². The fraction of sp³-hybridized carbons (Fsp3) is 0.625. The van der Waals surface area contributed by atoms with Gasteiger partial charge in [-0.2, -0.15) is 0 Å². The quantitative estimate of drug-likeness (QED) is 0.903. The summed E-state index contributed by atoms with van der Waals surface area (Å²) in [5, 5.41) is 4.13. The lowest BCUT2D eigenvalue weighted by atomic mass is 9.98. The molecule has 3 nitrogen and oxygen atoms in total. The molecule has 20 heavy (non-hydrogen) atoms. The Morgan fingerprint density at radius 1 is 1.35 bits per heavy atom. The second-order valence-electron chi connectivity index (χ2n) is 5.87. The number of piperazine rings is 1. The molecule has 1 aliphatic carbocycles. The minimum Gasteiger partial charge on any atom is -0.495 e. The lowest BCUT2D eigenvalue weighted by Gasteiger charge is -2.35. The van der Waals surface area contributed by atoms with E-state index in [4.69, 9.17) is 16.3 Å². The second-order valence-corrected chi connectivity index (χ2v) is 6.28. The molecule has 0 amide bonds. The fourth-order valence-electron chi connectivity index (χ4n) is 3.04. The molecule has 1 aromatic rings. The molecule has 1 N–H and O–H groups in total. The molecule has 0 bridgehead atoms. The van der Waals surface area contributed by atoms with Gasteiger partial charge in [0.05, 0.1) is 12.1 Å². The van der Waals surface area contributed by atoms with E-state index >= 15 is 0 Å². The molecule has 110 valence electrons. The van der Waals surface area contributed by atoms with Crippen LogP contribution < -0.4 is 10.1 Å². The SMILES string of the molecule is COc1cc([C@H](CC2CC2)N2CCNCC2)ccc1Cl. The monoisotopic (exact) mass is 294 g/mol. The van der Waals surface area contributed by atoms with Crippen LogP contribution in [0.3, 0.4) is 0 Å². The van der Waals surface area contributed by atoms with Crippen LogP contribution in [0.15, 0.2) is 18.2 Å². The molecule has 0 spiro atoms. The number of nitrogens with zero attached hydrogens (tertiary/aromatic N) is 1. The first-order valence-electron chi connectivity index (χ1n) is 7.56. The number of hydrogen-bond acceptors (Lipinski definition) is 3. The molecule has 2 aliphatic rings. The van der Waals surface area contributed by atoms with Crippen molar-refractivity contribution < 1.29 is 4.74 Å². The van der Waals surface area contributed by atoms with Gasteiger partial charge in [0, 0.05) is 32.2 Å². The number of ether oxygens (including phenoxy) is 1. The highest BCUT2D eigenvalue weighted by Gasteiger charge is 2.30. The summed E-state index contributed by atoms with van der Waals surface area (Å²) in [6.45, 7) is 4.43. The van der Waals surface area contributed by atoms with Gasteiger partial charge in [0.1, 0.15) is 5.75 Å². The third-order valence-corrected chi connectivity index (χ3v) is 4.72. The maximum atomic E-state index is 6.16. The zero-order chi connectivity index (χ0) is 13.9. The normalized spacial score (nSPS) is 21.7. The summed E-state index contributed by atoms with van der Waals surface area (Å²) >= 11 is 6.16. The third-order valence-electron chi connectivity index (χ3n) is 4.41. The van der Waals surface area contributed by atoms with Gasteiger partial charge in [-0.1, -0.05) is 30.5 Å². The lowest BCUT2D eigenvalue weighted by molar-refractivity contribution is 0.160. The Balaban J connectivity index is 1.83. The zero-order valence-corrected chi connectivity index (χ0v) is 12.8. The van der Waals surface area contributed by atoms with Gasteiger partial charge >= 0.3 is 0 Å². The average molecular weight is 295 g/mol. The van der Waals surface area contributed by atoms with Crippen LogP contribution in [0.5, 0.6) is 5.75 Å². The summed E-state index contributed by atoms with van der Waals surface area (Å²) in [5.41, 5.74) is 1.35. The Morgan fingerprint density at radius 2 is 2.10 bits per heavy atom. The summed E-state index contributed by atoms with van der Waals surface area (Å²) in [4.78, 5) is 2.61. The molecule has 1 saturated carbocycles. The van der Waals surface area contributed by atoms with E-state index in [0.717, 1.165) is 37.8 Å². The van der Waals surface area contributed by atoms with Gasteiger partial charge in [0.15, 0.2) is 0 Å². The average Bonchev–Trinajstić information content (AvgIpc) is 3.30. The maximum Gasteiger partial charge on any atom is 0.137 e. The van der Waals surface area contributed by atoms with Crippen molar-refractivity contribution in [3.05, 3.63) is 28.8 Å². The zero-order valence-electron chi connectivity index (χ0n) is 12.1. The molecule has 2 fully saturated rings. The van der Waals surface area contributed by atoms with Crippen LogP contribution in [0, 0.1) is 5.92 Å². The fourth-order valence-corrected chi connectivity index (χ4v) is 3.24. The molecule has 4 heteroatoms. The van der Waals surface area contributed by atoms with Crippen LogP contribution in [0.1, 0.15) is 30.9 Å². The molecule has 0 radical (unpaired) electrons. The van der Waals surface area contributed by atoms with Crippen LogP contribution >= 0.6 is 11.6 Å². The van der Waals surface area contributed by atoms with Crippen LogP contribution in [0.2, 0.25) is 5.02 Å². The number of halogens is 1. The Labute approximate surface area is 126 Å². The summed E-state index contributed by atoms with van der Waals surface area (Å²) < 4.78 is 5.38. The van der Waals surface area contributed by atoms with E-state index in [-0.39, 0.29) is 0 Å². The number of methoxy groups -OCH3 is 1. The molecular formula is C16H23ClN2O. The molecule has 0 unspecified atom stereocenters. The van der Waals surface area contributed by atoms with Crippen LogP contribution in [0.4, 0.5) is 0 Å². The summed E-state index contributed by atoms with van der Waals surface area (Å²) in [6, 6.07) is 6.77. The van der Waals surface area contributed by atoms with Gasteiger partial charge in [-0.15, -0.1) is 0 Å². The van der Waals surface area contributed by atoms with E-state index in [2.05, 4.69) is 22.3 Å². The Kier molecular flexibility index (Phi) is 4.49. The predicted molar refractivity (Wildman–Crippen MR) is 82.5 cm³/mol. The standard InChI is InChI=1S/C16H23ClN2O/c1-20-16-11-13(4-5-14(16)17)15(10-12-2-3-12)19-8-6-18-7-9-19/h4-5,11-12,15,18H,2-3,6-10H2,1H3/t15-/m0/s1. The highest BCUT2D eigenvalue weighted by Crippen LogP contribution is 2.41. The van der Waals surface area contributed by atoms with Crippen molar-refractivity contribution in [1.82, 2.24) is 10.2 Å². The van der Waals surface area contributed by atoms with Crippen LogP contribution in [0.25, 0.3) is 0 Å². The summed E-state index contributed by atoms with van der Waals surface area (Å²) in [7, 11) is 1.69. The van der Waals surface area contributed by atoms with Crippen LogP contribution in [-0.4, -0.2) is 38.2 Å². The van der Waals surface area contributed by atoms with Crippen molar-refractivity contribution in [2.24, 2.45) is 5.92 Å². The minimum atomic E-state index is 0.510. The second kappa shape index (κ2) is 6.33. The van der Waals surface area contributed by atoms with Gasteiger partial charge in [0.25, 0.3) is 0 Å². The smallest absolute Gasteiger partial charge is 0.137 e. The Hall–Kier alpha value is -0.770. The first kappa shape index (κ1) is 14.2. The van der Waals surface area contributed by atoms with Gasteiger partial charge in [-0.25, -0.2) is 0 Å². The molecule has 1 atom stereocenters. The van der Waals surface area contributed by atoms with Crippen molar-refractivity contribution in [2.75, 3.05) is 33.3 Å². The number of benzene rings is 1. The molecule has 0 aromatic heterocycles. The largest absolute Gasteiger partial charge is 0.495 e. The van der Waals surface area contributed by atoms with E-state index in [1.165, 1.54) is 24.8 Å². The van der Waals surface area contributed by atoms with Gasteiger partial charge in [0.2, 0.25) is 0 Å². The number of nitrogens with one attached hydrogen (secondary N) is 1. The highest BCUT2D eigenvalue weighted by molar-refractivity contribution is 6.32. The predicted octanol–water partition coefficient (Wildman–Crippen LogP) is 3.10. The molecule has 3 rings (SSSR count). The number of hydrogen-bond donors (Lipinski definition) is 1. The molecule has 1 aliphatic heterocycles. The van der Waals surface area contributed by atoms with E-state index in [9.17, 15) is 0 Å². The summed E-state index contributed by atoms with van der Waals surface area (Å²) in [5.74, 6) is 1.71. The molecule has 1 aromatic carbocycles. The van der Waals surface area contributed by atoms with Gasteiger partial charge < -0.3 is 10.1 Å². The maximum absolute atomic E-state index is 6.16. The molecule has 1 saturated heterocycles. The van der Waals surface area contributed by atoms with E-state index < -0.39 is 0 Å². The Bertz CT molecular complexity index is 456. The minimum absolute atomic E-state index is 0.510. The van der Waals surface area contributed by atoms with Gasteiger partial charge in [-0.05, 0) is 30.0 Å². The third kappa shape index (κ3) is 3.27. The van der Waals surface area contributed by atoms with Crippen molar-refractivity contribution in [1.29, 1.82) is 0 Å². The highest BCUT2D eigenvalue weighted by atomic mass is 35.5. The van der Waals surface area contributed by atoms with Crippen molar-refractivity contribution >= 4 is 11.6 Å². The van der Waals surface area contributed by atoms with E-state index in [1.54, 1.807) is 7.11 Å². The lowest BCUT2D eigenvalue weighted by Crippen LogP contribution is -2.45. The van der Waals surface area contributed by atoms with E-state index in [0.29, 0.717) is 11.1 Å². The van der Waals surface area contributed by atoms with Crippen molar-refractivity contribution in [3.63, 3.8) is 0 Å². The van der Waals surface area contributed by atoms with E-state index in [1.807, 2.05) is 6.07 Å². The first-order valence-corrected chi connectivity index (χ1v) is 7.94. The number of rotatable bonds is 5. The molecule has 1 heterocycles. The van der Waals surface area contributed by atoms with Crippen LogP contribution in [-0.2, 0) is 0 Å². The summed E-state index contributed by atoms with van der Waals surface area (Å²) in [6.07, 6.45) is 4.06. The van der Waals surface area contributed by atoms with Crippen molar-refractivity contribution in [3.8, 4) is 5.75 Å². The van der Waals surface area contributed by atoms with Gasteiger partial charge in [-0.3, -0.25) is 4.90 Å². The molecular weight excluding hydrogens is 272 g/mol. The van der Waals surface area contributed by atoms with Crippen molar-refractivity contribution in [2.45, 2.75) is 25.3 Å². The Morgan fingerprint density at radius 3 is 2.75 bits per heavy atom. The first-order chi connectivity index (χ1) is 9.78.